The van der Waals surface area contributed by atoms with E-state index >= 15 is 0 Å². The van der Waals surface area contributed by atoms with Gasteiger partial charge in [0.25, 0.3) is 0 Å². The van der Waals surface area contributed by atoms with Crippen molar-refractivity contribution in [3.05, 3.63) is 25.3 Å². The molecule has 31 heavy (non-hydrogen) atoms. The van der Waals surface area contributed by atoms with Crippen molar-refractivity contribution in [3.63, 3.8) is 0 Å². The Morgan fingerprint density at radius 1 is 0.613 bits per heavy atom. The molecule has 0 rings (SSSR count). The van der Waals surface area contributed by atoms with Crippen LogP contribution in [0, 0.1) is 11.8 Å². The zero-order valence-corrected chi connectivity index (χ0v) is 20.7. The van der Waals surface area contributed by atoms with Crippen molar-refractivity contribution in [2.75, 3.05) is 0 Å². The smallest absolute Gasteiger partial charge is 0.316 e. The molecule has 0 heterocycles. The Bertz CT molecular complexity index is 427. The molecule has 0 aromatic rings. The quantitative estimate of drug-likeness (QED) is 0.0740. The molecule has 0 aliphatic heterocycles. The largest absolute Gasteiger partial charge is 0.393 e. The third-order valence-corrected chi connectivity index (χ3v) is 6.10. The van der Waals surface area contributed by atoms with E-state index in [0.717, 1.165) is 89.9 Å². The molecule has 0 bridgehead atoms. The summed E-state index contributed by atoms with van der Waals surface area (Å²) in [6, 6.07) is 0. The van der Waals surface area contributed by atoms with E-state index in [4.69, 9.17) is 4.74 Å². The number of esters is 2. The molecule has 0 aromatic carbocycles. The van der Waals surface area contributed by atoms with E-state index in [1.807, 2.05) is 12.2 Å². The summed E-state index contributed by atoms with van der Waals surface area (Å²) in [6.45, 7) is 11.8. The Balaban J connectivity index is 4.57. The van der Waals surface area contributed by atoms with Gasteiger partial charge in [-0.05, 0) is 51.4 Å². The predicted octanol–water partition coefficient (Wildman–Crippen LogP) is 8.72. The Labute approximate surface area is 193 Å². The maximum atomic E-state index is 12.8. The number of unbranched alkanes of at least 4 members (excludes halogenated alkanes) is 10. The maximum absolute atomic E-state index is 12.8. The summed E-state index contributed by atoms with van der Waals surface area (Å²) in [5, 5.41) is 0. The first-order valence-corrected chi connectivity index (χ1v) is 13.1. The molecule has 2 unspecified atom stereocenters. The first-order chi connectivity index (χ1) is 15.1. The van der Waals surface area contributed by atoms with Gasteiger partial charge in [-0.1, -0.05) is 90.2 Å². The van der Waals surface area contributed by atoms with Crippen molar-refractivity contribution in [2.45, 2.75) is 129 Å². The third-order valence-electron chi connectivity index (χ3n) is 6.10. The number of allylic oxidation sites excluding steroid dienone is 2. The van der Waals surface area contributed by atoms with Gasteiger partial charge >= 0.3 is 11.9 Å². The van der Waals surface area contributed by atoms with E-state index in [1.165, 1.54) is 25.7 Å². The van der Waals surface area contributed by atoms with Gasteiger partial charge in [0.15, 0.2) is 0 Å². The molecule has 0 aromatic heterocycles. The number of hydrogen-bond donors (Lipinski definition) is 0. The molecule has 2 atom stereocenters. The molecule has 0 aliphatic carbocycles. The van der Waals surface area contributed by atoms with Gasteiger partial charge in [0, 0.05) is 0 Å². The van der Waals surface area contributed by atoms with Crippen LogP contribution in [-0.4, -0.2) is 11.9 Å². The van der Waals surface area contributed by atoms with E-state index in [9.17, 15) is 9.59 Å². The van der Waals surface area contributed by atoms with Crippen LogP contribution in [0.1, 0.15) is 129 Å². The normalized spacial score (nSPS) is 12.8. The second-order valence-corrected chi connectivity index (χ2v) is 8.98. The number of carbonyl (C=O) groups excluding carboxylic acids is 2. The average Bonchev–Trinajstić information content (AvgIpc) is 2.76. The van der Waals surface area contributed by atoms with Crippen LogP contribution < -0.4 is 0 Å². The molecule has 0 amide bonds. The van der Waals surface area contributed by atoms with Crippen molar-refractivity contribution in [1.82, 2.24) is 0 Å². The van der Waals surface area contributed by atoms with Gasteiger partial charge in [0.1, 0.15) is 0 Å². The summed E-state index contributed by atoms with van der Waals surface area (Å²) >= 11 is 0. The van der Waals surface area contributed by atoms with E-state index in [-0.39, 0.29) is 23.8 Å². The third kappa shape index (κ3) is 16.9. The molecule has 0 N–H and O–H groups in total. The van der Waals surface area contributed by atoms with Crippen LogP contribution in [0.5, 0.6) is 0 Å². The fourth-order valence-electron chi connectivity index (χ4n) is 3.99. The standard InChI is InChI=1S/C28H50O3/c1-5-9-13-15-17-19-23-25(21-11-7-3)27(29)31-28(30)26(22-12-8-4)24-20-18-16-14-10-6-2/h5-6,25-26H,1-2,7-24H2,3-4H3. The van der Waals surface area contributed by atoms with E-state index in [2.05, 4.69) is 27.0 Å². The summed E-state index contributed by atoms with van der Waals surface area (Å²) < 4.78 is 5.46. The number of hydrogen-bond acceptors (Lipinski definition) is 3. The number of rotatable bonds is 22. The zero-order valence-electron chi connectivity index (χ0n) is 20.7. The van der Waals surface area contributed by atoms with Crippen LogP contribution in [0.2, 0.25) is 0 Å². The van der Waals surface area contributed by atoms with Crippen LogP contribution in [0.25, 0.3) is 0 Å². The highest BCUT2D eigenvalue weighted by molar-refractivity contribution is 5.87. The molecule has 0 radical (unpaired) electrons. The average molecular weight is 435 g/mol. The Hall–Kier alpha value is -1.38. The minimum atomic E-state index is -0.281. The summed E-state index contributed by atoms with van der Waals surface area (Å²) in [5.41, 5.74) is 0. The first kappa shape index (κ1) is 29.6. The number of ether oxygens (including phenoxy) is 1. The van der Waals surface area contributed by atoms with Crippen LogP contribution in [0.4, 0.5) is 0 Å². The summed E-state index contributed by atoms with van der Waals surface area (Å²) in [5.74, 6) is -0.822. The van der Waals surface area contributed by atoms with Crippen molar-refractivity contribution >= 4 is 11.9 Å². The predicted molar refractivity (Wildman–Crippen MR) is 133 cm³/mol. The topological polar surface area (TPSA) is 43.4 Å². The molecule has 3 nitrogen and oxygen atoms in total. The molecule has 0 saturated carbocycles. The lowest BCUT2D eigenvalue weighted by Gasteiger charge is -2.18. The fraction of sp³-hybridized carbons (Fsp3) is 0.786. The zero-order chi connectivity index (χ0) is 23.2. The minimum Gasteiger partial charge on any atom is -0.393 e. The van der Waals surface area contributed by atoms with E-state index in [1.54, 1.807) is 0 Å². The first-order valence-electron chi connectivity index (χ1n) is 13.1. The molecule has 3 heteroatoms. The summed E-state index contributed by atoms with van der Waals surface area (Å²) in [6.07, 6.45) is 22.5. The number of carbonyl (C=O) groups is 2. The Kier molecular flexibility index (Phi) is 20.9. The molecule has 0 aliphatic rings. The Morgan fingerprint density at radius 2 is 0.968 bits per heavy atom. The van der Waals surface area contributed by atoms with Gasteiger partial charge in [0.2, 0.25) is 0 Å². The van der Waals surface area contributed by atoms with Crippen molar-refractivity contribution < 1.29 is 14.3 Å². The van der Waals surface area contributed by atoms with Crippen LogP contribution in [0.15, 0.2) is 25.3 Å². The van der Waals surface area contributed by atoms with E-state index in [0.29, 0.717) is 0 Å². The molecule has 0 spiro atoms. The van der Waals surface area contributed by atoms with Gasteiger partial charge in [-0.3, -0.25) is 9.59 Å². The maximum Gasteiger partial charge on any atom is 0.316 e. The van der Waals surface area contributed by atoms with Crippen LogP contribution in [-0.2, 0) is 14.3 Å². The van der Waals surface area contributed by atoms with Crippen LogP contribution in [0.3, 0.4) is 0 Å². The highest BCUT2D eigenvalue weighted by Gasteiger charge is 2.26. The SMILES string of the molecule is C=CCCCCCCC(CCCC)C(=O)OC(=O)C(CCCC)CCCCCCC=C. The van der Waals surface area contributed by atoms with Crippen molar-refractivity contribution in [2.24, 2.45) is 11.8 Å². The minimum absolute atomic E-state index is 0.131. The van der Waals surface area contributed by atoms with Gasteiger partial charge in [-0.15, -0.1) is 13.2 Å². The highest BCUT2D eigenvalue weighted by Crippen LogP contribution is 2.23. The van der Waals surface area contributed by atoms with Gasteiger partial charge < -0.3 is 4.74 Å². The molecule has 0 saturated heterocycles. The van der Waals surface area contributed by atoms with Crippen LogP contribution >= 0.6 is 0 Å². The second-order valence-electron chi connectivity index (χ2n) is 8.98. The fourth-order valence-corrected chi connectivity index (χ4v) is 3.99. The molecular formula is C28H50O3. The van der Waals surface area contributed by atoms with Gasteiger partial charge in [-0.25, -0.2) is 0 Å². The van der Waals surface area contributed by atoms with E-state index < -0.39 is 0 Å². The van der Waals surface area contributed by atoms with Gasteiger partial charge in [-0.2, -0.15) is 0 Å². The Morgan fingerprint density at radius 3 is 1.32 bits per heavy atom. The lowest BCUT2D eigenvalue weighted by atomic mass is 9.94. The molecule has 180 valence electrons. The molecular weight excluding hydrogens is 384 g/mol. The monoisotopic (exact) mass is 434 g/mol. The molecule has 0 fully saturated rings. The van der Waals surface area contributed by atoms with Gasteiger partial charge in [0.05, 0.1) is 11.8 Å². The van der Waals surface area contributed by atoms with Crippen molar-refractivity contribution in [3.8, 4) is 0 Å². The van der Waals surface area contributed by atoms with Crippen molar-refractivity contribution in [1.29, 1.82) is 0 Å². The lowest BCUT2D eigenvalue weighted by molar-refractivity contribution is -0.166. The second kappa shape index (κ2) is 21.8. The lowest BCUT2D eigenvalue weighted by Crippen LogP contribution is -2.26. The summed E-state index contributed by atoms with van der Waals surface area (Å²) in [4.78, 5) is 25.6. The highest BCUT2D eigenvalue weighted by atomic mass is 16.6. The summed E-state index contributed by atoms with van der Waals surface area (Å²) in [7, 11) is 0.